The first-order chi connectivity index (χ1) is 19.8. The molecule has 1 aromatic heterocycles. The zero-order valence-corrected chi connectivity index (χ0v) is 24.8. The third kappa shape index (κ3) is 7.98. The molecule has 0 unspecified atom stereocenters. The van der Waals surface area contributed by atoms with Crippen molar-refractivity contribution in [3.63, 3.8) is 0 Å². The monoisotopic (exact) mass is 577 g/mol. The van der Waals surface area contributed by atoms with E-state index >= 15 is 0 Å². The van der Waals surface area contributed by atoms with Gasteiger partial charge in [0.05, 0.1) is 13.2 Å². The van der Waals surface area contributed by atoms with E-state index in [9.17, 15) is 4.79 Å². The highest BCUT2D eigenvalue weighted by Crippen LogP contribution is 2.33. The zero-order chi connectivity index (χ0) is 29.4. The highest BCUT2D eigenvalue weighted by Gasteiger charge is 2.15. The maximum Gasteiger partial charge on any atom is 0.291 e. The molecule has 0 saturated heterocycles. The van der Waals surface area contributed by atoms with Crippen molar-refractivity contribution in [1.82, 2.24) is 0 Å². The van der Waals surface area contributed by atoms with Crippen molar-refractivity contribution < 1.29 is 28.2 Å². The van der Waals surface area contributed by atoms with Crippen LogP contribution in [0.4, 0.5) is 5.69 Å². The Hall–Kier alpha value is -4.10. The van der Waals surface area contributed by atoms with E-state index in [0.29, 0.717) is 53.5 Å². The van der Waals surface area contributed by atoms with Crippen LogP contribution in [0.25, 0.3) is 0 Å². The second-order valence-corrected chi connectivity index (χ2v) is 10.2. The number of ether oxygens (including phenoxy) is 4. The van der Waals surface area contributed by atoms with Crippen molar-refractivity contribution in [1.29, 1.82) is 0 Å². The van der Waals surface area contributed by atoms with Crippen LogP contribution in [0.15, 0.2) is 71.1 Å². The maximum atomic E-state index is 12.8. The van der Waals surface area contributed by atoms with Crippen LogP contribution in [0.2, 0.25) is 5.02 Å². The molecule has 8 heteroatoms. The van der Waals surface area contributed by atoms with Crippen LogP contribution < -0.4 is 24.3 Å². The van der Waals surface area contributed by atoms with Gasteiger partial charge in [0.2, 0.25) is 0 Å². The van der Waals surface area contributed by atoms with Crippen molar-refractivity contribution in [2.24, 2.45) is 0 Å². The molecule has 41 heavy (non-hydrogen) atoms. The van der Waals surface area contributed by atoms with Gasteiger partial charge in [0.25, 0.3) is 5.91 Å². The van der Waals surface area contributed by atoms with Crippen LogP contribution in [0.3, 0.4) is 0 Å². The predicted molar refractivity (Wildman–Crippen MR) is 161 cm³/mol. The van der Waals surface area contributed by atoms with Gasteiger partial charge in [-0.25, -0.2) is 0 Å². The molecule has 216 valence electrons. The summed E-state index contributed by atoms with van der Waals surface area (Å²) in [7, 11) is 0. The Bertz CT molecular complexity index is 1460. The Morgan fingerprint density at radius 2 is 1.56 bits per heavy atom. The molecule has 0 aliphatic carbocycles. The van der Waals surface area contributed by atoms with Crippen molar-refractivity contribution in [2.75, 3.05) is 18.5 Å². The van der Waals surface area contributed by atoms with Crippen molar-refractivity contribution in [3.05, 3.63) is 100.0 Å². The second kappa shape index (κ2) is 14.0. The van der Waals surface area contributed by atoms with Crippen molar-refractivity contribution in [2.45, 2.75) is 53.8 Å². The zero-order valence-electron chi connectivity index (χ0n) is 24.1. The number of anilines is 1. The lowest BCUT2D eigenvalue weighted by molar-refractivity contribution is 0.0992. The first kappa shape index (κ1) is 29.9. The van der Waals surface area contributed by atoms with Gasteiger partial charge in [-0.15, -0.1) is 0 Å². The lowest BCUT2D eigenvalue weighted by Gasteiger charge is -2.15. The molecule has 1 heterocycles. The molecule has 0 atom stereocenters. The third-order valence-corrected chi connectivity index (χ3v) is 6.70. The van der Waals surface area contributed by atoms with E-state index in [0.717, 1.165) is 22.4 Å². The van der Waals surface area contributed by atoms with Crippen LogP contribution in [0.1, 0.15) is 66.6 Å². The van der Waals surface area contributed by atoms with Gasteiger partial charge in [-0.3, -0.25) is 4.79 Å². The summed E-state index contributed by atoms with van der Waals surface area (Å²) in [6.07, 6.45) is 0. The predicted octanol–water partition coefficient (Wildman–Crippen LogP) is 8.57. The number of nitrogens with one attached hydrogen (secondary N) is 1. The third-order valence-electron chi connectivity index (χ3n) is 6.29. The quantitative estimate of drug-likeness (QED) is 0.171. The van der Waals surface area contributed by atoms with Crippen LogP contribution >= 0.6 is 11.6 Å². The summed E-state index contributed by atoms with van der Waals surface area (Å²) in [5, 5.41) is 3.56. The van der Waals surface area contributed by atoms with Gasteiger partial charge in [-0.05, 0) is 104 Å². The summed E-state index contributed by atoms with van der Waals surface area (Å²) in [4.78, 5) is 12.8. The molecule has 1 amide bonds. The lowest BCUT2D eigenvalue weighted by Crippen LogP contribution is -2.10. The van der Waals surface area contributed by atoms with E-state index in [-0.39, 0.29) is 24.2 Å². The van der Waals surface area contributed by atoms with Crippen LogP contribution in [-0.4, -0.2) is 19.1 Å². The molecule has 0 spiro atoms. The van der Waals surface area contributed by atoms with E-state index in [2.05, 4.69) is 19.2 Å². The van der Waals surface area contributed by atoms with Crippen molar-refractivity contribution in [3.8, 4) is 23.0 Å². The van der Waals surface area contributed by atoms with Gasteiger partial charge < -0.3 is 28.7 Å². The molecule has 3 aromatic carbocycles. The standard InChI is InChI=1S/C33H36ClNO6/c1-6-37-29-14-8-23(17-32(29)38-7-2)19-39-25-11-9-24(10-12-25)35-33(36)30-15-13-26(41-30)20-40-31-16-22(5)28(34)18-27(31)21(3)4/h8-18,21H,6-7,19-20H2,1-5H3,(H,35,36). The second-order valence-electron chi connectivity index (χ2n) is 9.76. The summed E-state index contributed by atoms with van der Waals surface area (Å²) in [5.41, 5.74) is 3.54. The highest BCUT2D eigenvalue weighted by atomic mass is 35.5. The number of amides is 1. The lowest BCUT2D eigenvalue weighted by atomic mass is 10.0. The number of hydrogen-bond acceptors (Lipinski definition) is 6. The minimum Gasteiger partial charge on any atom is -0.490 e. The number of aryl methyl sites for hydroxylation is 1. The molecule has 1 N–H and O–H groups in total. The summed E-state index contributed by atoms with van der Waals surface area (Å²) >= 11 is 6.30. The Balaban J connectivity index is 1.31. The average molecular weight is 578 g/mol. The Morgan fingerprint density at radius 1 is 0.829 bits per heavy atom. The van der Waals surface area contributed by atoms with E-state index in [1.54, 1.807) is 36.4 Å². The summed E-state index contributed by atoms with van der Waals surface area (Å²) in [5.74, 6) is 3.47. The minimum atomic E-state index is -0.354. The Kier molecular flexibility index (Phi) is 10.2. The number of halogens is 1. The number of carbonyl (C=O) groups excluding carboxylic acids is 1. The summed E-state index contributed by atoms with van der Waals surface area (Å²) in [6.45, 7) is 11.7. The maximum absolute atomic E-state index is 12.8. The van der Waals surface area contributed by atoms with E-state index in [1.165, 1.54) is 0 Å². The van der Waals surface area contributed by atoms with Gasteiger partial charge >= 0.3 is 0 Å². The molecule has 0 bridgehead atoms. The number of furan rings is 1. The van der Waals surface area contributed by atoms with Crippen molar-refractivity contribution >= 4 is 23.2 Å². The fourth-order valence-corrected chi connectivity index (χ4v) is 4.32. The number of carbonyl (C=O) groups is 1. The van der Waals surface area contributed by atoms with Crippen LogP contribution in [-0.2, 0) is 13.2 Å². The molecule has 0 radical (unpaired) electrons. The van der Waals surface area contributed by atoms with Gasteiger partial charge in [0.1, 0.15) is 30.5 Å². The first-order valence-corrected chi connectivity index (χ1v) is 14.1. The molecule has 4 aromatic rings. The fourth-order valence-electron chi connectivity index (χ4n) is 4.15. The SMILES string of the molecule is CCOc1ccc(COc2ccc(NC(=O)c3ccc(COc4cc(C)c(Cl)cc4C(C)C)o3)cc2)cc1OCC. The van der Waals surface area contributed by atoms with Crippen LogP contribution in [0.5, 0.6) is 23.0 Å². The summed E-state index contributed by atoms with van der Waals surface area (Å²) < 4.78 is 29.0. The smallest absolute Gasteiger partial charge is 0.291 e. The van der Waals surface area contributed by atoms with E-state index < -0.39 is 0 Å². The highest BCUT2D eigenvalue weighted by molar-refractivity contribution is 6.31. The molecule has 0 aliphatic rings. The largest absolute Gasteiger partial charge is 0.490 e. The molecule has 0 fully saturated rings. The molecule has 4 rings (SSSR count). The molecular weight excluding hydrogens is 542 g/mol. The van der Waals surface area contributed by atoms with E-state index in [1.807, 2.05) is 51.1 Å². The first-order valence-electron chi connectivity index (χ1n) is 13.7. The number of benzene rings is 3. The van der Waals surface area contributed by atoms with Gasteiger partial charge in [0, 0.05) is 10.7 Å². The number of hydrogen-bond donors (Lipinski definition) is 1. The molecule has 0 aliphatic heterocycles. The van der Waals surface area contributed by atoms with Gasteiger partial charge in [0.15, 0.2) is 17.3 Å². The van der Waals surface area contributed by atoms with Gasteiger partial charge in [-0.1, -0.05) is 31.5 Å². The van der Waals surface area contributed by atoms with Gasteiger partial charge in [-0.2, -0.15) is 0 Å². The number of rotatable bonds is 13. The Morgan fingerprint density at radius 3 is 2.27 bits per heavy atom. The topological polar surface area (TPSA) is 79.2 Å². The molecule has 0 saturated carbocycles. The normalized spacial score (nSPS) is 10.9. The average Bonchev–Trinajstić information content (AvgIpc) is 3.44. The molecule has 7 nitrogen and oxygen atoms in total. The van der Waals surface area contributed by atoms with E-state index in [4.69, 9.17) is 35.0 Å². The fraction of sp³-hybridized carbons (Fsp3) is 0.303. The molecular formula is C33H36ClNO6. The summed E-state index contributed by atoms with van der Waals surface area (Å²) in [6, 6.07) is 20.2. The minimum absolute atomic E-state index is 0.195. The van der Waals surface area contributed by atoms with Crippen LogP contribution in [0, 0.1) is 6.92 Å². The Labute approximate surface area is 246 Å².